The Hall–Kier alpha value is -3.03. The summed E-state index contributed by atoms with van der Waals surface area (Å²) in [5.74, 6) is -0.125. The number of nitrogens with zero attached hydrogens (tertiary/aromatic N) is 3. The van der Waals surface area contributed by atoms with Crippen LogP contribution in [0.3, 0.4) is 0 Å². The summed E-state index contributed by atoms with van der Waals surface area (Å²) in [6.45, 7) is 9.76. The van der Waals surface area contributed by atoms with Gasteiger partial charge in [-0.25, -0.2) is 17.8 Å². The Bertz CT molecular complexity index is 1140. The van der Waals surface area contributed by atoms with Crippen LogP contribution in [0.2, 0.25) is 0 Å². The summed E-state index contributed by atoms with van der Waals surface area (Å²) in [7, 11) is -2.76. The van der Waals surface area contributed by atoms with Crippen LogP contribution in [0, 0.1) is 23.0 Å². The van der Waals surface area contributed by atoms with Crippen LogP contribution in [0.15, 0.2) is 23.1 Å². The highest BCUT2D eigenvalue weighted by atomic mass is 32.2. The third-order valence-electron chi connectivity index (χ3n) is 4.70. The van der Waals surface area contributed by atoms with Crippen molar-refractivity contribution < 1.29 is 27.6 Å². The molecule has 1 heterocycles. The maximum absolute atomic E-state index is 12.9. The second-order valence-electron chi connectivity index (χ2n) is 8.30. The number of amides is 1. The standard InChI is InChI=1S/C21H31N5O7S/c1-13(2)12-22-20(27)19-15(5)21(25(24-19)14(3)4)33-17-8-7-16(26(28)29)11-18(17)34(30,31)23-9-10-32-6/h7-8,11,13-14,23H,9-10,12H2,1-6H3,(H,22,27). The third-order valence-corrected chi connectivity index (χ3v) is 6.18. The average molecular weight is 498 g/mol. The highest BCUT2D eigenvalue weighted by Crippen LogP contribution is 2.35. The van der Waals surface area contributed by atoms with Crippen molar-refractivity contribution in [3.05, 3.63) is 39.6 Å². The summed E-state index contributed by atoms with van der Waals surface area (Å²) in [5, 5.41) is 18.4. The Morgan fingerprint density at radius 1 is 1.26 bits per heavy atom. The number of ether oxygens (including phenoxy) is 2. The number of sulfonamides is 1. The van der Waals surface area contributed by atoms with Gasteiger partial charge in [0.1, 0.15) is 10.6 Å². The van der Waals surface area contributed by atoms with Crippen LogP contribution in [0.25, 0.3) is 0 Å². The Kier molecular flexibility index (Phi) is 9.13. The topological polar surface area (TPSA) is 155 Å². The molecule has 1 aromatic carbocycles. The number of hydrogen-bond donors (Lipinski definition) is 2. The molecule has 1 aromatic heterocycles. The minimum absolute atomic E-state index is 0.0376. The monoisotopic (exact) mass is 497 g/mol. The Morgan fingerprint density at radius 2 is 1.94 bits per heavy atom. The SMILES string of the molecule is COCCNS(=O)(=O)c1cc([N+](=O)[O-])ccc1Oc1c(C)c(C(=O)NCC(C)C)nn1C(C)C. The van der Waals surface area contributed by atoms with E-state index < -0.39 is 25.5 Å². The van der Waals surface area contributed by atoms with Crippen LogP contribution in [0.5, 0.6) is 11.6 Å². The van der Waals surface area contributed by atoms with Gasteiger partial charge in [0.15, 0.2) is 5.69 Å². The smallest absolute Gasteiger partial charge is 0.272 e. The lowest BCUT2D eigenvalue weighted by Gasteiger charge is -2.15. The molecule has 0 radical (unpaired) electrons. The fourth-order valence-electron chi connectivity index (χ4n) is 2.94. The van der Waals surface area contributed by atoms with Gasteiger partial charge in [-0.3, -0.25) is 14.9 Å². The first-order chi connectivity index (χ1) is 15.9. The van der Waals surface area contributed by atoms with E-state index >= 15 is 0 Å². The second kappa shape index (κ2) is 11.4. The van der Waals surface area contributed by atoms with E-state index in [0.29, 0.717) is 12.1 Å². The normalized spacial score (nSPS) is 11.8. The molecule has 0 bridgehead atoms. The first-order valence-electron chi connectivity index (χ1n) is 10.7. The van der Waals surface area contributed by atoms with Gasteiger partial charge in [0.2, 0.25) is 15.9 Å². The average Bonchev–Trinajstić information content (AvgIpc) is 3.08. The third kappa shape index (κ3) is 6.52. The van der Waals surface area contributed by atoms with Crippen LogP contribution in [-0.2, 0) is 14.8 Å². The number of nitro groups is 1. The van der Waals surface area contributed by atoms with Gasteiger partial charge < -0.3 is 14.8 Å². The summed E-state index contributed by atoms with van der Waals surface area (Å²) in [5.41, 5.74) is 0.139. The molecule has 0 atom stereocenters. The van der Waals surface area contributed by atoms with Crippen molar-refractivity contribution in [2.75, 3.05) is 26.8 Å². The largest absolute Gasteiger partial charge is 0.438 e. The molecule has 2 rings (SSSR count). The van der Waals surface area contributed by atoms with Crippen LogP contribution < -0.4 is 14.8 Å². The molecule has 188 valence electrons. The predicted octanol–water partition coefficient (Wildman–Crippen LogP) is 2.78. The number of carbonyl (C=O) groups is 1. The number of aromatic nitrogens is 2. The predicted molar refractivity (Wildman–Crippen MR) is 125 cm³/mol. The van der Waals surface area contributed by atoms with E-state index in [-0.39, 0.29) is 48.3 Å². The number of nitrogens with one attached hydrogen (secondary N) is 2. The highest BCUT2D eigenvalue weighted by Gasteiger charge is 2.28. The molecular weight excluding hydrogens is 466 g/mol. The van der Waals surface area contributed by atoms with Crippen molar-refractivity contribution in [2.24, 2.45) is 5.92 Å². The lowest BCUT2D eigenvalue weighted by molar-refractivity contribution is -0.385. The van der Waals surface area contributed by atoms with Crippen molar-refractivity contribution >= 4 is 21.6 Å². The molecule has 34 heavy (non-hydrogen) atoms. The highest BCUT2D eigenvalue weighted by molar-refractivity contribution is 7.89. The molecule has 2 aromatic rings. The summed E-state index contributed by atoms with van der Waals surface area (Å²) < 4.78 is 40.4. The zero-order valence-corrected chi connectivity index (χ0v) is 20.9. The molecule has 0 saturated carbocycles. The molecule has 0 aliphatic carbocycles. The van der Waals surface area contributed by atoms with Gasteiger partial charge in [0.05, 0.1) is 17.6 Å². The number of carbonyl (C=O) groups excluding carboxylic acids is 1. The maximum Gasteiger partial charge on any atom is 0.272 e. The van der Waals surface area contributed by atoms with Gasteiger partial charge in [-0.05, 0) is 32.8 Å². The van der Waals surface area contributed by atoms with Gasteiger partial charge in [0, 0.05) is 37.9 Å². The Balaban J connectivity index is 2.55. The lowest BCUT2D eigenvalue weighted by atomic mass is 10.2. The van der Waals surface area contributed by atoms with Crippen molar-refractivity contribution in [2.45, 2.75) is 45.6 Å². The number of non-ortho nitro benzene ring substituents is 1. The van der Waals surface area contributed by atoms with E-state index in [0.717, 1.165) is 12.1 Å². The van der Waals surface area contributed by atoms with Gasteiger partial charge in [-0.15, -0.1) is 0 Å². The molecular formula is C21H31N5O7S. The van der Waals surface area contributed by atoms with Crippen LogP contribution >= 0.6 is 0 Å². The first kappa shape index (κ1) is 27.2. The Labute approximate surface area is 198 Å². The second-order valence-corrected chi connectivity index (χ2v) is 10.0. The van der Waals surface area contributed by atoms with E-state index in [9.17, 15) is 23.3 Å². The summed E-state index contributed by atoms with van der Waals surface area (Å²) in [4.78, 5) is 22.8. The van der Waals surface area contributed by atoms with Crippen LogP contribution in [0.4, 0.5) is 5.69 Å². The van der Waals surface area contributed by atoms with Crippen molar-refractivity contribution in [1.29, 1.82) is 0 Å². The number of rotatable bonds is 12. The molecule has 2 N–H and O–H groups in total. The molecule has 13 heteroatoms. The molecule has 1 amide bonds. The fourth-order valence-corrected chi connectivity index (χ4v) is 4.09. The first-order valence-corrected chi connectivity index (χ1v) is 12.2. The van der Waals surface area contributed by atoms with Crippen molar-refractivity contribution in [3.8, 4) is 11.6 Å². The lowest BCUT2D eigenvalue weighted by Crippen LogP contribution is -2.28. The van der Waals surface area contributed by atoms with E-state index in [1.807, 2.05) is 27.7 Å². The minimum Gasteiger partial charge on any atom is -0.438 e. The summed E-state index contributed by atoms with van der Waals surface area (Å²) in [6, 6.07) is 3.05. The molecule has 0 unspecified atom stereocenters. The van der Waals surface area contributed by atoms with Crippen LogP contribution in [-0.4, -0.2) is 55.8 Å². The van der Waals surface area contributed by atoms with Crippen molar-refractivity contribution in [1.82, 2.24) is 19.8 Å². The molecule has 12 nitrogen and oxygen atoms in total. The Morgan fingerprint density at radius 3 is 2.50 bits per heavy atom. The maximum atomic E-state index is 12.9. The zero-order valence-electron chi connectivity index (χ0n) is 20.1. The number of methoxy groups -OCH3 is 1. The number of nitro benzene ring substituents is 1. The van der Waals surface area contributed by atoms with Gasteiger partial charge in [-0.2, -0.15) is 5.10 Å². The summed E-state index contributed by atoms with van der Waals surface area (Å²) >= 11 is 0. The molecule has 0 fully saturated rings. The minimum atomic E-state index is -4.18. The van der Waals surface area contributed by atoms with Gasteiger partial charge in [0.25, 0.3) is 11.6 Å². The molecule has 0 spiro atoms. The van der Waals surface area contributed by atoms with E-state index in [4.69, 9.17) is 9.47 Å². The van der Waals surface area contributed by atoms with Crippen LogP contribution in [0.1, 0.15) is 49.8 Å². The molecule has 0 aliphatic rings. The van der Waals surface area contributed by atoms with E-state index in [2.05, 4.69) is 15.1 Å². The molecule has 0 aliphatic heterocycles. The van der Waals surface area contributed by atoms with Gasteiger partial charge in [-0.1, -0.05) is 13.8 Å². The van der Waals surface area contributed by atoms with Gasteiger partial charge >= 0.3 is 0 Å². The summed E-state index contributed by atoms with van der Waals surface area (Å²) in [6.07, 6.45) is 0. The van der Waals surface area contributed by atoms with E-state index in [1.165, 1.54) is 17.9 Å². The fraction of sp³-hybridized carbons (Fsp3) is 0.524. The quantitative estimate of drug-likeness (QED) is 0.258. The van der Waals surface area contributed by atoms with E-state index in [1.54, 1.807) is 6.92 Å². The van der Waals surface area contributed by atoms with Crippen molar-refractivity contribution in [3.63, 3.8) is 0 Å². The number of benzene rings is 1. The molecule has 0 saturated heterocycles. The zero-order chi connectivity index (χ0) is 25.6. The number of hydrogen-bond acceptors (Lipinski definition) is 8.